The number of furan rings is 1. The number of aliphatic imine (C=N–C) groups is 1. The third-order valence-electron chi connectivity index (χ3n) is 4.59. The smallest absolute Gasteiger partial charge is 0.191 e. The Labute approximate surface area is 205 Å². The molecular weight excluding hydrogens is 523 g/mol. The Morgan fingerprint density at radius 1 is 1.03 bits per heavy atom. The van der Waals surface area contributed by atoms with Gasteiger partial charge in [-0.25, -0.2) is 4.98 Å². The van der Waals surface area contributed by atoms with Gasteiger partial charge in [-0.3, -0.25) is 9.89 Å². The quantitative estimate of drug-likeness (QED) is 0.238. The standard InChI is InChI=1S/C22H30N6OS.HI/c1-23-21(25-13-19-16-30-22(26-19)27(2)3)24-12-17-8-5-6-9-18(17)14-28(4)15-20-10-7-11-29-20;/h5-11,16H,12-15H2,1-4H3,(H2,23,24,25);1H. The molecule has 0 unspecified atom stereocenters. The summed E-state index contributed by atoms with van der Waals surface area (Å²) in [5.74, 6) is 1.73. The highest BCUT2D eigenvalue weighted by Crippen LogP contribution is 2.17. The lowest BCUT2D eigenvalue weighted by Gasteiger charge is -2.19. The first-order valence-corrected chi connectivity index (χ1v) is 10.8. The van der Waals surface area contributed by atoms with Crippen LogP contribution in [-0.4, -0.2) is 44.0 Å². The lowest BCUT2D eigenvalue weighted by Crippen LogP contribution is -2.36. The number of aromatic nitrogens is 1. The summed E-state index contributed by atoms with van der Waals surface area (Å²) in [4.78, 5) is 13.2. The number of thiazole rings is 1. The predicted octanol–water partition coefficient (Wildman–Crippen LogP) is 3.92. The largest absolute Gasteiger partial charge is 0.468 e. The van der Waals surface area contributed by atoms with Gasteiger partial charge in [-0.15, -0.1) is 35.3 Å². The van der Waals surface area contributed by atoms with E-state index in [-0.39, 0.29) is 24.0 Å². The van der Waals surface area contributed by atoms with Gasteiger partial charge < -0.3 is 20.0 Å². The van der Waals surface area contributed by atoms with E-state index in [2.05, 4.69) is 62.2 Å². The average molecular weight is 555 g/mol. The molecule has 0 saturated carbocycles. The van der Waals surface area contributed by atoms with Crippen molar-refractivity contribution in [1.82, 2.24) is 20.5 Å². The first-order valence-electron chi connectivity index (χ1n) is 9.89. The number of hydrogen-bond acceptors (Lipinski definition) is 6. The minimum Gasteiger partial charge on any atom is -0.468 e. The first kappa shape index (κ1) is 25.2. The number of nitrogens with one attached hydrogen (secondary N) is 2. The molecule has 3 rings (SSSR count). The van der Waals surface area contributed by atoms with Crippen molar-refractivity contribution in [3.63, 3.8) is 0 Å². The molecule has 2 heterocycles. The third-order valence-corrected chi connectivity index (χ3v) is 5.65. The fourth-order valence-electron chi connectivity index (χ4n) is 3.06. The Morgan fingerprint density at radius 3 is 2.42 bits per heavy atom. The molecule has 31 heavy (non-hydrogen) atoms. The summed E-state index contributed by atoms with van der Waals surface area (Å²) in [6.07, 6.45) is 1.71. The summed E-state index contributed by atoms with van der Waals surface area (Å²) >= 11 is 1.64. The van der Waals surface area contributed by atoms with Gasteiger partial charge in [-0.1, -0.05) is 24.3 Å². The summed E-state index contributed by atoms with van der Waals surface area (Å²) in [5, 5.41) is 9.82. The van der Waals surface area contributed by atoms with E-state index >= 15 is 0 Å². The zero-order chi connectivity index (χ0) is 21.3. The summed E-state index contributed by atoms with van der Waals surface area (Å²) in [6.45, 7) is 2.96. The van der Waals surface area contributed by atoms with Crippen LogP contribution in [0.3, 0.4) is 0 Å². The van der Waals surface area contributed by atoms with Gasteiger partial charge in [-0.05, 0) is 30.3 Å². The van der Waals surface area contributed by atoms with Gasteiger partial charge in [0, 0.05) is 39.6 Å². The van der Waals surface area contributed by atoms with Crippen LogP contribution in [0, 0.1) is 0 Å². The summed E-state index contributed by atoms with van der Waals surface area (Å²) in [7, 11) is 7.88. The number of benzene rings is 1. The molecule has 2 aromatic heterocycles. The van der Waals surface area contributed by atoms with Gasteiger partial charge in [-0.2, -0.15) is 0 Å². The van der Waals surface area contributed by atoms with E-state index in [1.54, 1.807) is 24.6 Å². The van der Waals surface area contributed by atoms with Crippen LogP contribution in [0.1, 0.15) is 22.6 Å². The molecule has 0 amide bonds. The van der Waals surface area contributed by atoms with E-state index in [0.717, 1.165) is 35.6 Å². The van der Waals surface area contributed by atoms with Crippen LogP contribution in [0.25, 0.3) is 0 Å². The van der Waals surface area contributed by atoms with Crippen molar-refractivity contribution in [3.8, 4) is 0 Å². The van der Waals surface area contributed by atoms with E-state index in [9.17, 15) is 0 Å². The maximum atomic E-state index is 5.46. The molecule has 168 valence electrons. The second-order valence-electron chi connectivity index (χ2n) is 7.32. The van der Waals surface area contributed by atoms with Gasteiger partial charge in [0.25, 0.3) is 0 Å². The molecular formula is C22H31IN6OS. The number of anilines is 1. The minimum atomic E-state index is 0. The number of hydrogen-bond donors (Lipinski definition) is 2. The molecule has 0 radical (unpaired) electrons. The topological polar surface area (TPSA) is 68.9 Å². The lowest BCUT2D eigenvalue weighted by molar-refractivity contribution is 0.287. The van der Waals surface area contributed by atoms with Crippen LogP contribution < -0.4 is 15.5 Å². The van der Waals surface area contributed by atoms with Gasteiger partial charge in [0.15, 0.2) is 11.1 Å². The molecule has 3 aromatic rings. The van der Waals surface area contributed by atoms with Crippen molar-refractivity contribution < 1.29 is 4.42 Å². The molecule has 0 aliphatic carbocycles. The maximum absolute atomic E-state index is 5.46. The molecule has 0 fully saturated rings. The van der Waals surface area contributed by atoms with Gasteiger partial charge >= 0.3 is 0 Å². The van der Waals surface area contributed by atoms with Crippen molar-refractivity contribution >= 4 is 46.4 Å². The molecule has 0 atom stereocenters. The highest BCUT2D eigenvalue weighted by atomic mass is 127. The predicted molar refractivity (Wildman–Crippen MR) is 139 cm³/mol. The van der Waals surface area contributed by atoms with Crippen molar-refractivity contribution in [3.05, 3.63) is 70.6 Å². The fraction of sp³-hybridized carbons (Fsp3) is 0.364. The Balaban J connectivity index is 0.00000341. The van der Waals surface area contributed by atoms with Crippen LogP contribution in [0.5, 0.6) is 0 Å². The van der Waals surface area contributed by atoms with Crippen molar-refractivity contribution in [2.45, 2.75) is 26.2 Å². The van der Waals surface area contributed by atoms with Gasteiger partial charge in [0.05, 0.1) is 25.0 Å². The lowest BCUT2D eigenvalue weighted by atomic mass is 10.1. The second-order valence-corrected chi connectivity index (χ2v) is 8.15. The number of rotatable bonds is 9. The van der Waals surface area contributed by atoms with Crippen LogP contribution >= 0.6 is 35.3 Å². The highest BCUT2D eigenvalue weighted by Gasteiger charge is 2.09. The van der Waals surface area contributed by atoms with E-state index in [4.69, 9.17) is 4.42 Å². The van der Waals surface area contributed by atoms with E-state index in [0.29, 0.717) is 13.1 Å². The van der Waals surface area contributed by atoms with E-state index in [1.165, 1.54) is 11.1 Å². The normalized spacial score (nSPS) is 11.3. The minimum absolute atomic E-state index is 0. The van der Waals surface area contributed by atoms with Crippen molar-refractivity contribution in [2.24, 2.45) is 4.99 Å². The molecule has 0 aliphatic heterocycles. The molecule has 0 spiro atoms. The van der Waals surface area contributed by atoms with Crippen LogP contribution in [0.15, 0.2) is 57.5 Å². The Bertz CT molecular complexity index is 941. The SMILES string of the molecule is CN=C(NCc1csc(N(C)C)n1)NCc1ccccc1CN(C)Cc1ccco1.I. The zero-order valence-corrected chi connectivity index (χ0v) is 21.6. The van der Waals surface area contributed by atoms with Gasteiger partial charge in [0.1, 0.15) is 5.76 Å². The first-order chi connectivity index (χ1) is 14.5. The molecule has 7 nitrogen and oxygen atoms in total. The van der Waals surface area contributed by atoms with Crippen LogP contribution in [-0.2, 0) is 26.2 Å². The third kappa shape index (κ3) is 7.82. The monoisotopic (exact) mass is 554 g/mol. The summed E-state index contributed by atoms with van der Waals surface area (Å²) in [5.41, 5.74) is 3.53. The van der Waals surface area contributed by atoms with E-state index < -0.39 is 0 Å². The number of guanidine groups is 1. The maximum Gasteiger partial charge on any atom is 0.191 e. The summed E-state index contributed by atoms with van der Waals surface area (Å²) in [6, 6.07) is 12.4. The van der Waals surface area contributed by atoms with Crippen molar-refractivity contribution in [1.29, 1.82) is 0 Å². The van der Waals surface area contributed by atoms with Crippen molar-refractivity contribution in [2.75, 3.05) is 33.1 Å². The molecule has 2 N–H and O–H groups in total. The fourth-order valence-corrected chi connectivity index (χ4v) is 3.81. The molecule has 9 heteroatoms. The van der Waals surface area contributed by atoms with Gasteiger partial charge in [0.2, 0.25) is 0 Å². The highest BCUT2D eigenvalue weighted by molar-refractivity contribution is 14.0. The Hall–Kier alpha value is -2.11. The molecule has 0 saturated heterocycles. The molecule has 0 aliphatic rings. The summed E-state index contributed by atoms with van der Waals surface area (Å²) < 4.78 is 5.46. The van der Waals surface area contributed by atoms with Crippen LogP contribution in [0.4, 0.5) is 5.13 Å². The number of nitrogens with zero attached hydrogens (tertiary/aromatic N) is 4. The molecule has 0 bridgehead atoms. The average Bonchev–Trinajstić information content (AvgIpc) is 3.41. The number of halogens is 1. The second kappa shape index (κ2) is 12.7. The zero-order valence-electron chi connectivity index (χ0n) is 18.5. The Kier molecular flexibility index (Phi) is 10.3. The van der Waals surface area contributed by atoms with Crippen LogP contribution in [0.2, 0.25) is 0 Å². The van der Waals surface area contributed by atoms with E-state index in [1.807, 2.05) is 31.1 Å². The Morgan fingerprint density at radius 2 is 1.77 bits per heavy atom. The molecule has 1 aromatic carbocycles.